The van der Waals surface area contributed by atoms with Crippen molar-refractivity contribution in [3.8, 4) is 0 Å². The molecule has 1 aromatic rings. The van der Waals surface area contributed by atoms with Gasteiger partial charge in [-0.15, -0.1) is 0 Å². The highest BCUT2D eigenvalue weighted by Crippen LogP contribution is 2.26. The van der Waals surface area contributed by atoms with Gasteiger partial charge in [-0.3, -0.25) is 4.98 Å². The summed E-state index contributed by atoms with van der Waals surface area (Å²) in [5, 5.41) is 8.96. The summed E-state index contributed by atoms with van der Waals surface area (Å²) < 4.78 is 5.62. The molecule has 14 heavy (non-hydrogen) atoms. The maximum Gasteiger partial charge on any atom is 0.0994 e. The Morgan fingerprint density at radius 2 is 2.36 bits per heavy atom. The van der Waals surface area contributed by atoms with Gasteiger partial charge in [0.1, 0.15) is 0 Å². The summed E-state index contributed by atoms with van der Waals surface area (Å²) in [6, 6.07) is 5.72. The van der Waals surface area contributed by atoms with Crippen molar-refractivity contribution in [3.63, 3.8) is 0 Å². The number of aromatic nitrogens is 1. The van der Waals surface area contributed by atoms with Crippen LogP contribution in [-0.4, -0.2) is 16.7 Å². The smallest absolute Gasteiger partial charge is 0.0994 e. The van der Waals surface area contributed by atoms with Crippen molar-refractivity contribution in [3.05, 3.63) is 29.6 Å². The van der Waals surface area contributed by atoms with Gasteiger partial charge in [0.2, 0.25) is 0 Å². The molecular formula is C11H15NO2. The maximum absolute atomic E-state index is 8.96. The van der Waals surface area contributed by atoms with Gasteiger partial charge >= 0.3 is 0 Å². The van der Waals surface area contributed by atoms with Crippen molar-refractivity contribution in [1.82, 2.24) is 4.98 Å². The first-order valence-corrected chi connectivity index (χ1v) is 5.08. The number of hydrogen-bond donors (Lipinski definition) is 1. The third kappa shape index (κ3) is 2.11. The van der Waals surface area contributed by atoms with Gasteiger partial charge in [-0.05, 0) is 31.4 Å². The van der Waals surface area contributed by atoms with E-state index in [1.54, 1.807) is 0 Å². The standard InChI is InChI=1S/C11H15NO2/c13-8-9-4-3-5-10(12-9)11-6-1-2-7-14-11/h3-5,11,13H,1-2,6-8H2. The molecule has 1 atom stereocenters. The maximum atomic E-state index is 8.96. The summed E-state index contributed by atoms with van der Waals surface area (Å²) in [4.78, 5) is 4.34. The van der Waals surface area contributed by atoms with E-state index >= 15 is 0 Å². The summed E-state index contributed by atoms with van der Waals surface area (Å²) >= 11 is 0. The molecule has 76 valence electrons. The highest BCUT2D eigenvalue weighted by atomic mass is 16.5. The Morgan fingerprint density at radius 1 is 1.43 bits per heavy atom. The Kier molecular flexibility index (Phi) is 3.11. The zero-order valence-electron chi connectivity index (χ0n) is 8.15. The first-order valence-electron chi connectivity index (χ1n) is 5.08. The lowest BCUT2D eigenvalue weighted by atomic mass is 10.1. The predicted molar refractivity (Wildman–Crippen MR) is 52.7 cm³/mol. The lowest BCUT2D eigenvalue weighted by Crippen LogP contribution is -2.13. The van der Waals surface area contributed by atoms with Gasteiger partial charge in [-0.25, -0.2) is 0 Å². The topological polar surface area (TPSA) is 42.4 Å². The van der Waals surface area contributed by atoms with Gasteiger partial charge in [0.05, 0.1) is 24.1 Å². The van der Waals surface area contributed by atoms with Crippen molar-refractivity contribution < 1.29 is 9.84 Å². The van der Waals surface area contributed by atoms with Gasteiger partial charge in [-0.1, -0.05) is 6.07 Å². The molecule has 1 aromatic heterocycles. The predicted octanol–water partition coefficient (Wildman–Crippen LogP) is 1.82. The van der Waals surface area contributed by atoms with Crippen LogP contribution in [0.3, 0.4) is 0 Å². The van der Waals surface area contributed by atoms with Crippen LogP contribution in [0.2, 0.25) is 0 Å². The molecule has 0 bridgehead atoms. The fourth-order valence-electron chi connectivity index (χ4n) is 1.74. The SMILES string of the molecule is OCc1cccc(C2CCCCO2)n1. The fraction of sp³-hybridized carbons (Fsp3) is 0.545. The van der Waals surface area contributed by atoms with E-state index < -0.39 is 0 Å². The summed E-state index contributed by atoms with van der Waals surface area (Å²) in [6.45, 7) is 0.830. The van der Waals surface area contributed by atoms with Crippen LogP contribution in [0, 0.1) is 0 Å². The van der Waals surface area contributed by atoms with Crippen LogP contribution in [0.4, 0.5) is 0 Å². The molecule has 1 fully saturated rings. The molecule has 3 heteroatoms. The van der Waals surface area contributed by atoms with E-state index in [0.29, 0.717) is 0 Å². The number of aliphatic hydroxyl groups is 1. The van der Waals surface area contributed by atoms with E-state index in [4.69, 9.17) is 9.84 Å². The molecule has 1 saturated heterocycles. The average molecular weight is 193 g/mol. The fourth-order valence-corrected chi connectivity index (χ4v) is 1.74. The minimum atomic E-state index is 0.000556. The van der Waals surface area contributed by atoms with E-state index in [1.165, 1.54) is 6.42 Å². The Hall–Kier alpha value is -0.930. The molecule has 1 N–H and O–H groups in total. The van der Waals surface area contributed by atoms with Crippen molar-refractivity contribution in [2.75, 3.05) is 6.61 Å². The molecule has 3 nitrogen and oxygen atoms in total. The van der Waals surface area contributed by atoms with Crippen LogP contribution in [0.1, 0.15) is 36.8 Å². The molecule has 0 aliphatic carbocycles. The molecule has 1 aliphatic rings. The number of rotatable bonds is 2. The van der Waals surface area contributed by atoms with E-state index in [-0.39, 0.29) is 12.7 Å². The van der Waals surface area contributed by atoms with Gasteiger partial charge < -0.3 is 9.84 Å². The molecule has 1 unspecified atom stereocenters. The van der Waals surface area contributed by atoms with Crippen LogP contribution < -0.4 is 0 Å². The van der Waals surface area contributed by atoms with E-state index in [1.807, 2.05) is 18.2 Å². The molecule has 1 aliphatic heterocycles. The molecule has 0 amide bonds. The second kappa shape index (κ2) is 4.53. The zero-order valence-corrected chi connectivity index (χ0v) is 8.15. The van der Waals surface area contributed by atoms with Crippen LogP contribution in [-0.2, 0) is 11.3 Å². The third-order valence-corrected chi connectivity index (χ3v) is 2.50. The van der Waals surface area contributed by atoms with Gasteiger partial charge in [0.25, 0.3) is 0 Å². The quantitative estimate of drug-likeness (QED) is 0.779. The number of pyridine rings is 1. The Bertz CT molecular complexity index is 295. The van der Waals surface area contributed by atoms with Gasteiger partial charge in [0, 0.05) is 6.61 Å². The normalized spacial score (nSPS) is 22.2. The van der Waals surface area contributed by atoms with Gasteiger partial charge in [0.15, 0.2) is 0 Å². The minimum absolute atomic E-state index is 0.000556. The Morgan fingerprint density at radius 3 is 3.07 bits per heavy atom. The van der Waals surface area contributed by atoms with Gasteiger partial charge in [-0.2, -0.15) is 0 Å². The lowest BCUT2D eigenvalue weighted by molar-refractivity contribution is 0.0121. The summed E-state index contributed by atoms with van der Waals surface area (Å²) in [5.41, 5.74) is 1.67. The molecular weight excluding hydrogens is 178 g/mol. The van der Waals surface area contributed by atoms with Crippen LogP contribution in [0.25, 0.3) is 0 Å². The van der Waals surface area contributed by atoms with Crippen molar-refractivity contribution >= 4 is 0 Å². The van der Waals surface area contributed by atoms with Crippen LogP contribution in [0.5, 0.6) is 0 Å². The minimum Gasteiger partial charge on any atom is -0.390 e. The summed E-state index contributed by atoms with van der Waals surface area (Å²) in [6.07, 6.45) is 3.53. The molecule has 0 saturated carbocycles. The highest BCUT2D eigenvalue weighted by Gasteiger charge is 2.17. The largest absolute Gasteiger partial charge is 0.390 e. The van der Waals surface area contributed by atoms with Crippen molar-refractivity contribution in [1.29, 1.82) is 0 Å². The van der Waals surface area contributed by atoms with E-state index in [0.717, 1.165) is 30.8 Å². The zero-order chi connectivity index (χ0) is 9.80. The number of hydrogen-bond acceptors (Lipinski definition) is 3. The molecule has 0 radical (unpaired) electrons. The second-order valence-electron chi connectivity index (χ2n) is 3.57. The van der Waals surface area contributed by atoms with Crippen molar-refractivity contribution in [2.45, 2.75) is 32.0 Å². The van der Waals surface area contributed by atoms with E-state index in [9.17, 15) is 0 Å². The number of nitrogens with zero attached hydrogens (tertiary/aromatic N) is 1. The lowest BCUT2D eigenvalue weighted by Gasteiger charge is -2.22. The third-order valence-electron chi connectivity index (χ3n) is 2.50. The van der Waals surface area contributed by atoms with Crippen LogP contribution >= 0.6 is 0 Å². The average Bonchev–Trinajstić information content (AvgIpc) is 2.30. The molecule has 0 aromatic carbocycles. The highest BCUT2D eigenvalue weighted by molar-refractivity contribution is 5.13. The second-order valence-corrected chi connectivity index (χ2v) is 3.57. The first kappa shape index (κ1) is 9.62. The van der Waals surface area contributed by atoms with E-state index in [2.05, 4.69) is 4.98 Å². The van der Waals surface area contributed by atoms with Crippen molar-refractivity contribution in [2.24, 2.45) is 0 Å². The number of ether oxygens (including phenoxy) is 1. The number of aliphatic hydroxyl groups excluding tert-OH is 1. The summed E-state index contributed by atoms with van der Waals surface area (Å²) in [7, 11) is 0. The Labute approximate surface area is 83.7 Å². The van der Waals surface area contributed by atoms with Crippen LogP contribution in [0.15, 0.2) is 18.2 Å². The monoisotopic (exact) mass is 193 g/mol. The first-order chi connectivity index (χ1) is 6.90. The summed E-state index contributed by atoms with van der Waals surface area (Å²) in [5.74, 6) is 0. The molecule has 2 heterocycles. The molecule has 0 spiro atoms. The molecule has 2 rings (SSSR count). The Balaban J connectivity index is 2.13.